The molecule has 0 aliphatic heterocycles. The summed E-state index contributed by atoms with van der Waals surface area (Å²) in [7, 11) is 0. The van der Waals surface area contributed by atoms with Gasteiger partial charge in [0.2, 0.25) is 0 Å². The first-order valence-electron chi connectivity index (χ1n) is 9.28. The number of benzene rings is 2. The molecule has 0 aromatic heterocycles. The number of nitrogens with zero attached hydrogens (tertiary/aromatic N) is 1. The number of amides is 1. The van der Waals surface area contributed by atoms with Crippen LogP contribution in [0.5, 0.6) is 5.75 Å². The Balaban J connectivity index is 1.78. The van der Waals surface area contributed by atoms with E-state index in [4.69, 9.17) is 4.74 Å². The molecule has 0 heterocycles. The molecule has 0 unspecified atom stereocenters. The SMILES string of the molecule is CCN(CC)Cc1ccc(CNC(=O)COc2cc(C)cc(C)c2)cc1. The molecule has 0 aliphatic rings. The topological polar surface area (TPSA) is 41.6 Å². The van der Waals surface area contributed by atoms with Crippen LogP contribution in [0.3, 0.4) is 0 Å². The van der Waals surface area contributed by atoms with Gasteiger partial charge in [0.05, 0.1) is 0 Å². The number of carbonyl (C=O) groups is 1. The Hall–Kier alpha value is -2.33. The number of ether oxygens (including phenoxy) is 1. The van der Waals surface area contributed by atoms with E-state index in [0.29, 0.717) is 6.54 Å². The minimum Gasteiger partial charge on any atom is -0.484 e. The summed E-state index contributed by atoms with van der Waals surface area (Å²) >= 11 is 0. The van der Waals surface area contributed by atoms with Crippen molar-refractivity contribution in [3.05, 3.63) is 64.7 Å². The van der Waals surface area contributed by atoms with Crippen molar-refractivity contribution in [2.75, 3.05) is 19.7 Å². The molecule has 0 spiro atoms. The van der Waals surface area contributed by atoms with Crippen molar-refractivity contribution in [1.29, 1.82) is 0 Å². The fourth-order valence-corrected chi connectivity index (χ4v) is 2.88. The Morgan fingerprint density at radius 1 is 0.962 bits per heavy atom. The van der Waals surface area contributed by atoms with Gasteiger partial charge in [0, 0.05) is 13.1 Å². The lowest BCUT2D eigenvalue weighted by molar-refractivity contribution is -0.123. The van der Waals surface area contributed by atoms with Crippen LogP contribution < -0.4 is 10.1 Å². The van der Waals surface area contributed by atoms with Gasteiger partial charge < -0.3 is 10.1 Å². The maximum atomic E-state index is 12.0. The molecular weight excluding hydrogens is 324 g/mol. The molecule has 0 saturated heterocycles. The van der Waals surface area contributed by atoms with Gasteiger partial charge in [0.1, 0.15) is 5.75 Å². The molecule has 0 aliphatic carbocycles. The van der Waals surface area contributed by atoms with Crippen LogP contribution in [0.25, 0.3) is 0 Å². The van der Waals surface area contributed by atoms with E-state index in [-0.39, 0.29) is 12.5 Å². The molecular formula is C22H30N2O2. The molecule has 1 amide bonds. The predicted molar refractivity (Wildman–Crippen MR) is 106 cm³/mol. The second-order valence-corrected chi connectivity index (χ2v) is 6.67. The maximum Gasteiger partial charge on any atom is 0.258 e. The fraction of sp³-hybridized carbons (Fsp3) is 0.409. The summed E-state index contributed by atoms with van der Waals surface area (Å²) in [6.45, 7) is 12.0. The molecule has 0 atom stereocenters. The van der Waals surface area contributed by atoms with Crippen LogP contribution in [0.1, 0.15) is 36.1 Å². The Morgan fingerprint density at radius 2 is 1.54 bits per heavy atom. The van der Waals surface area contributed by atoms with Crippen molar-refractivity contribution in [2.45, 2.75) is 40.8 Å². The van der Waals surface area contributed by atoms with Gasteiger partial charge in [0.25, 0.3) is 5.91 Å². The number of carbonyl (C=O) groups excluding carboxylic acids is 1. The highest BCUT2D eigenvalue weighted by atomic mass is 16.5. The van der Waals surface area contributed by atoms with Gasteiger partial charge in [-0.1, -0.05) is 44.2 Å². The zero-order valence-corrected chi connectivity index (χ0v) is 16.3. The predicted octanol–water partition coefficient (Wildman–Crippen LogP) is 3.84. The van der Waals surface area contributed by atoms with Crippen LogP contribution in [0.4, 0.5) is 0 Å². The van der Waals surface area contributed by atoms with Crippen LogP contribution in [-0.2, 0) is 17.9 Å². The minimum atomic E-state index is -0.114. The molecule has 26 heavy (non-hydrogen) atoms. The lowest BCUT2D eigenvalue weighted by Crippen LogP contribution is -2.28. The summed E-state index contributed by atoms with van der Waals surface area (Å²) in [4.78, 5) is 14.4. The Bertz CT molecular complexity index is 686. The molecule has 2 rings (SSSR count). The van der Waals surface area contributed by atoms with E-state index < -0.39 is 0 Å². The monoisotopic (exact) mass is 354 g/mol. The van der Waals surface area contributed by atoms with Crippen LogP contribution >= 0.6 is 0 Å². The van der Waals surface area contributed by atoms with Crippen molar-refractivity contribution in [2.24, 2.45) is 0 Å². The summed E-state index contributed by atoms with van der Waals surface area (Å²) < 4.78 is 5.59. The van der Waals surface area contributed by atoms with Crippen LogP contribution in [-0.4, -0.2) is 30.5 Å². The number of hydrogen-bond donors (Lipinski definition) is 1. The average Bonchev–Trinajstić information content (AvgIpc) is 2.63. The van der Waals surface area contributed by atoms with Crippen molar-refractivity contribution in [3.63, 3.8) is 0 Å². The summed E-state index contributed by atoms with van der Waals surface area (Å²) in [5.41, 5.74) is 4.64. The van der Waals surface area contributed by atoms with Crippen molar-refractivity contribution >= 4 is 5.91 Å². The molecule has 0 saturated carbocycles. The van der Waals surface area contributed by atoms with Gasteiger partial charge in [-0.25, -0.2) is 0 Å². The highest BCUT2D eigenvalue weighted by molar-refractivity contribution is 5.77. The van der Waals surface area contributed by atoms with E-state index in [0.717, 1.165) is 42.1 Å². The van der Waals surface area contributed by atoms with Gasteiger partial charge in [-0.05, 0) is 61.3 Å². The van der Waals surface area contributed by atoms with E-state index in [1.807, 2.05) is 26.0 Å². The smallest absolute Gasteiger partial charge is 0.258 e. The molecule has 1 N–H and O–H groups in total. The third-order valence-corrected chi connectivity index (χ3v) is 4.38. The molecule has 140 valence electrons. The molecule has 2 aromatic rings. The zero-order chi connectivity index (χ0) is 18.9. The van der Waals surface area contributed by atoms with E-state index >= 15 is 0 Å². The number of aryl methyl sites for hydroxylation is 2. The number of hydrogen-bond acceptors (Lipinski definition) is 3. The standard InChI is InChI=1S/C22H30N2O2/c1-5-24(6-2)15-20-9-7-19(8-10-20)14-23-22(25)16-26-21-12-17(3)11-18(4)13-21/h7-13H,5-6,14-16H2,1-4H3,(H,23,25). The number of nitrogens with one attached hydrogen (secondary N) is 1. The summed E-state index contributed by atoms with van der Waals surface area (Å²) in [5.74, 6) is 0.620. The van der Waals surface area contributed by atoms with E-state index in [1.54, 1.807) is 0 Å². The summed E-state index contributed by atoms with van der Waals surface area (Å²) in [5, 5.41) is 2.91. The third kappa shape index (κ3) is 6.52. The second kappa shape index (κ2) is 9.97. The highest BCUT2D eigenvalue weighted by Gasteiger charge is 2.05. The summed E-state index contributed by atoms with van der Waals surface area (Å²) in [6.07, 6.45) is 0. The van der Waals surface area contributed by atoms with E-state index in [2.05, 4.69) is 54.4 Å². The molecule has 0 fully saturated rings. The highest BCUT2D eigenvalue weighted by Crippen LogP contribution is 2.16. The number of rotatable bonds is 9. The molecule has 4 nitrogen and oxygen atoms in total. The van der Waals surface area contributed by atoms with Crippen molar-refractivity contribution < 1.29 is 9.53 Å². The fourth-order valence-electron chi connectivity index (χ4n) is 2.88. The lowest BCUT2D eigenvalue weighted by Gasteiger charge is -2.18. The van der Waals surface area contributed by atoms with Gasteiger partial charge in [-0.2, -0.15) is 0 Å². The van der Waals surface area contributed by atoms with Gasteiger partial charge in [0.15, 0.2) is 6.61 Å². The molecule has 0 bridgehead atoms. The average molecular weight is 354 g/mol. The van der Waals surface area contributed by atoms with Crippen LogP contribution in [0.15, 0.2) is 42.5 Å². The zero-order valence-electron chi connectivity index (χ0n) is 16.3. The largest absolute Gasteiger partial charge is 0.484 e. The Labute approximate surface area is 157 Å². The summed E-state index contributed by atoms with van der Waals surface area (Å²) in [6, 6.07) is 14.4. The van der Waals surface area contributed by atoms with Crippen molar-refractivity contribution in [3.8, 4) is 5.75 Å². The van der Waals surface area contributed by atoms with Gasteiger partial charge in [-0.3, -0.25) is 9.69 Å². The first kappa shape index (κ1) is 20.0. The Kier molecular flexibility index (Phi) is 7.67. The van der Waals surface area contributed by atoms with Crippen LogP contribution in [0, 0.1) is 13.8 Å². The molecule has 0 radical (unpaired) electrons. The normalized spacial score (nSPS) is 10.8. The third-order valence-electron chi connectivity index (χ3n) is 4.38. The maximum absolute atomic E-state index is 12.0. The lowest BCUT2D eigenvalue weighted by atomic mass is 10.1. The van der Waals surface area contributed by atoms with Gasteiger partial charge in [-0.15, -0.1) is 0 Å². The van der Waals surface area contributed by atoms with E-state index in [9.17, 15) is 4.79 Å². The quantitative estimate of drug-likeness (QED) is 0.744. The Morgan fingerprint density at radius 3 is 2.12 bits per heavy atom. The first-order valence-corrected chi connectivity index (χ1v) is 9.28. The van der Waals surface area contributed by atoms with Crippen LogP contribution in [0.2, 0.25) is 0 Å². The van der Waals surface area contributed by atoms with E-state index in [1.165, 1.54) is 5.56 Å². The second-order valence-electron chi connectivity index (χ2n) is 6.67. The minimum absolute atomic E-state index is 0.0307. The molecule has 4 heteroatoms. The molecule has 2 aromatic carbocycles. The first-order chi connectivity index (χ1) is 12.5. The van der Waals surface area contributed by atoms with Gasteiger partial charge >= 0.3 is 0 Å². The van der Waals surface area contributed by atoms with Crippen molar-refractivity contribution in [1.82, 2.24) is 10.2 Å².